The largest absolute Gasteiger partial charge is 0.323 e. The zero-order valence-corrected chi connectivity index (χ0v) is 15.1. The lowest BCUT2D eigenvalue weighted by Crippen LogP contribution is -2.24. The molecule has 0 aliphatic rings. The Balaban J connectivity index is 1.57. The predicted molar refractivity (Wildman–Crippen MR) is 95.4 cm³/mol. The topological polar surface area (TPSA) is 64.7 Å². The molecule has 3 aromatic rings. The van der Waals surface area contributed by atoms with E-state index in [1.54, 1.807) is 34.0 Å². The van der Waals surface area contributed by atoms with E-state index in [2.05, 4.69) is 31.4 Å². The first-order valence-corrected chi connectivity index (χ1v) is 8.54. The highest BCUT2D eigenvalue weighted by atomic mass is 79.9. The summed E-state index contributed by atoms with van der Waals surface area (Å²) in [5.74, 6) is -0.646. The van der Waals surface area contributed by atoms with Gasteiger partial charge in [-0.2, -0.15) is 10.2 Å². The number of rotatable bonds is 6. The van der Waals surface area contributed by atoms with Crippen LogP contribution in [0.5, 0.6) is 0 Å². The van der Waals surface area contributed by atoms with Crippen molar-refractivity contribution in [1.82, 2.24) is 19.6 Å². The second-order valence-electron chi connectivity index (χ2n) is 5.83. The lowest BCUT2D eigenvalue weighted by Gasteiger charge is -2.11. The van der Waals surface area contributed by atoms with Gasteiger partial charge in [0.15, 0.2) is 0 Å². The van der Waals surface area contributed by atoms with E-state index in [4.69, 9.17) is 0 Å². The smallest absolute Gasteiger partial charge is 0.229 e. The fourth-order valence-electron chi connectivity index (χ4n) is 2.40. The third-order valence-electron chi connectivity index (χ3n) is 3.64. The van der Waals surface area contributed by atoms with Crippen molar-refractivity contribution in [3.8, 4) is 0 Å². The van der Waals surface area contributed by atoms with Crippen molar-refractivity contribution < 1.29 is 9.18 Å². The Morgan fingerprint density at radius 3 is 2.80 bits per heavy atom. The summed E-state index contributed by atoms with van der Waals surface area (Å²) in [6.45, 7) is 2.75. The minimum Gasteiger partial charge on any atom is -0.323 e. The van der Waals surface area contributed by atoms with Crippen LogP contribution in [0.4, 0.5) is 10.1 Å². The molecule has 1 amide bonds. The van der Waals surface area contributed by atoms with E-state index in [9.17, 15) is 9.18 Å². The predicted octanol–water partition coefficient (Wildman–Crippen LogP) is 3.30. The number of amides is 1. The molecule has 0 spiro atoms. The van der Waals surface area contributed by atoms with E-state index in [1.807, 2.05) is 19.2 Å². The Kier molecular flexibility index (Phi) is 5.28. The number of halogens is 2. The fraction of sp³-hybridized carbons (Fsp3) is 0.235. The number of nitrogens with one attached hydrogen (secondary N) is 1. The van der Waals surface area contributed by atoms with E-state index < -0.39 is 0 Å². The van der Waals surface area contributed by atoms with Gasteiger partial charge in [-0.05, 0) is 33.6 Å². The highest BCUT2D eigenvalue weighted by molar-refractivity contribution is 9.10. The number of hydrogen-bond donors (Lipinski definition) is 1. The van der Waals surface area contributed by atoms with Gasteiger partial charge < -0.3 is 5.32 Å². The summed E-state index contributed by atoms with van der Waals surface area (Å²) in [5, 5.41) is 11.2. The summed E-state index contributed by atoms with van der Waals surface area (Å²) in [4.78, 5) is 12.3. The summed E-state index contributed by atoms with van der Waals surface area (Å²) >= 11 is 3.33. The van der Waals surface area contributed by atoms with E-state index >= 15 is 0 Å². The number of benzene rings is 1. The standard InChI is InChI=1S/C17H17BrFN5O/c1-12(8-23-10-14(18)6-20-23)17(25)22-16-7-21-24(11-16)9-13-3-2-4-15(19)5-13/h2-7,10-12H,8-9H2,1H3,(H,22,25). The molecule has 1 aromatic carbocycles. The van der Waals surface area contributed by atoms with Crippen LogP contribution < -0.4 is 5.32 Å². The molecule has 2 aromatic heterocycles. The number of carbonyl (C=O) groups excluding carboxylic acids is 1. The van der Waals surface area contributed by atoms with Crippen molar-refractivity contribution in [2.45, 2.75) is 20.0 Å². The van der Waals surface area contributed by atoms with Gasteiger partial charge in [0.1, 0.15) is 5.82 Å². The van der Waals surface area contributed by atoms with Gasteiger partial charge in [0.05, 0.1) is 41.6 Å². The van der Waals surface area contributed by atoms with Crippen LogP contribution in [-0.2, 0) is 17.9 Å². The van der Waals surface area contributed by atoms with Crippen molar-refractivity contribution in [2.24, 2.45) is 5.92 Å². The summed E-state index contributed by atoms with van der Waals surface area (Å²) in [5.41, 5.74) is 1.41. The van der Waals surface area contributed by atoms with Gasteiger partial charge in [0, 0.05) is 12.4 Å². The Labute approximate surface area is 152 Å². The molecule has 2 heterocycles. The monoisotopic (exact) mass is 405 g/mol. The van der Waals surface area contributed by atoms with Gasteiger partial charge in [0.25, 0.3) is 0 Å². The molecule has 130 valence electrons. The van der Waals surface area contributed by atoms with Crippen LogP contribution in [0.25, 0.3) is 0 Å². The van der Waals surface area contributed by atoms with Crippen molar-refractivity contribution in [3.63, 3.8) is 0 Å². The average molecular weight is 406 g/mol. The van der Waals surface area contributed by atoms with Gasteiger partial charge >= 0.3 is 0 Å². The summed E-state index contributed by atoms with van der Waals surface area (Å²) in [6.07, 6.45) is 6.80. The Bertz CT molecular complexity index is 875. The molecule has 0 aliphatic heterocycles. The van der Waals surface area contributed by atoms with Crippen LogP contribution in [-0.4, -0.2) is 25.5 Å². The lowest BCUT2D eigenvalue weighted by atomic mass is 10.1. The summed E-state index contributed by atoms with van der Waals surface area (Å²) in [7, 11) is 0. The minimum absolute atomic E-state index is 0.114. The second kappa shape index (κ2) is 7.60. The van der Waals surface area contributed by atoms with Crippen LogP contribution in [0, 0.1) is 11.7 Å². The van der Waals surface area contributed by atoms with Crippen LogP contribution in [0.3, 0.4) is 0 Å². The SMILES string of the molecule is CC(Cn1cc(Br)cn1)C(=O)Nc1cnn(Cc2cccc(F)c2)c1. The first-order valence-electron chi connectivity index (χ1n) is 7.75. The van der Waals surface area contributed by atoms with Crippen molar-refractivity contribution in [2.75, 3.05) is 5.32 Å². The zero-order chi connectivity index (χ0) is 17.8. The molecular formula is C17H17BrFN5O. The van der Waals surface area contributed by atoms with Gasteiger partial charge in [-0.3, -0.25) is 14.2 Å². The molecule has 0 fully saturated rings. The molecule has 0 aliphatic carbocycles. The molecule has 0 bridgehead atoms. The molecule has 0 radical (unpaired) electrons. The molecule has 0 saturated carbocycles. The van der Waals surface area contributed by atoms with Gasteiger partial charge in [-0.25, -0.2) is 4.39 Å². The quantitative estimate of drug-likeness (QED) is 0.683. The Morgan fingerprint density at radius 1 is 1.28 bits per heavy atom. The van der Waals surface area contributed by atoms with Crippen LogP contribution >= 0.6 is 15.9 Å². The van der Waals surface area contributed by atoms with Gasteiger partial charge in [0.2, 0.25) is 5.91 Å². The molecule has 3 rings (SSSR count). The molecule has 1 unspecified atom stereocenters. The van der Waals surface area contributed by atoms with E-state index in [0.29, 0.717) is 18.8 Å². The van der Waals surface area contributed by atoms with E-state index in [0.717, 1.165) is 10.0 Å². The second-order valence-corrected chi connectivity index (χ2v) is 6.74. The molecular weight excluding hydrogens is 389 g/mol. The van der Waals surface area contributed by atoms with Gasteiger partial charge in [-0.1, -0.05) is 19.1 Å². The normalized spacial score (nSPS) is 12.1. The molecule has 6 nitrogen and oxygen atoms in total. The molecule has 1 N–H and O–H groups in total. The number of aromatic nitrogens is 4. The third-order valence-corrected chi connectivity index (χ3v) is 4.05. The zero-order valence-electron chi connectivity index (χ0n) is 13.6. The highest BCUT2D eigenvalue weighted by Crippen LogP contribution is 2.12. The molecule has 1 atom stereocenters. The number of hydrogen-bond acceptors (Lipinski definition) is 3. The van der Waals surface area contributed by atoms with E-state index in [1.165, 1.54) is 12.1 Å². The van der Waals surface area contributed by atoms with E-state index in [-0.39, 0.29) is 17.6 Å². The number of nitrogens with zero attached hydrogens (tertiary/aromatic N) is 4. The maximum Gasteiger partial charge on any atom is 0.229 e. The summed E-state index contributed by atoms with van der Waals surface area (Å²) < 4.78 is 17.5. The maximum atomic E-state index is 13.2. The Hall–Kier alpha value is -2.48. The lowest BCUT2D eigenvalue weighted by molar-refractivity contribution is -0.119. The van der Waals surface area contributed by atoms with Crippen molar-refractivity contribution in [3.05, 3.63) is 64.9 Å². The highest BCUT2D eigenvalue weighted by Gasteiger charge is 2.15. The van der Waals surface area contributed by atoms with Crippen LogP contribution in [0.1, 0.15) is 12.5 Å². The number of carbonyl (C=O) groups is 1. The van der Waals surface area contributed by atoms with Crippen LogP contribution in [0.15, 0.2) is 53.5 Å². The maximum absolute atomic E-state index is 13.2. The summed E-state index contributed by atoms with van der Waals surface area (Å²) in [6, 6.07) is 6.35. The average Bonchev–Trinajstić information content (AvgIpc) is 3.16. The molecule has 0 saturated heterocycles. The third kappa shape index (κ3) is 4.76. The van der Waals surface area contributed by atoms with Crippen LogP contribution in [0.2, 0.25) is 0 Å². The first kappa shape index (κ1) is 17.3. The minimum atomic E-state index is -0.280. The van der Waals surface area contributed by atoms with Crippen molar-refractivity contribution in [1.29, 1.82) is 0 Å². The fourth-order valence-corrected chi connectivity index (χ4v) is 2.73. The molecule has 25 heavy (non-hydrogen) atoms. The van der Waals surface area contributed by atoms with Crippen molar-refractivity contribution >= 4 is 27.5 Å². The molecule has 8 heteroatoms. The Morgan fingerprint density at radius 2 is 2.08 bits per heavy atom. The number of anilines is 1. The van der Waals surface area contributed by atoms with Gasteiger partial charge in [-0.15, -0.1) is 0 Å². The first-order chi connectivity index (χ1) is 12.0.